The molecule has 2 atom stereocenters. The molecule has 0 N–H and O–H groups in total. The zero-order valence-electron chi connectivity index (χ0n) is 14.4. The molecule has 2 aliphatic rings. The van der Waals surface area contributed by atoms with Gasteiger partial charge < -0.3 is 18.9 Å². The van der Waals surface area contributed by atoms with Crippen LogP contribution in [0.1, 0.15) is 22.3 Å². The molecule has 2 saturated heterocycles. The fraction of sp³-hybridized carbons (Fsp3) is 0.429. The van der Waals surface area contributed by atoms with Crippen molar-refractivity contribution in [2.75, 3.05) is 26.4 Å². The van der Waals surface area contributed by atoms with E-state index in [2.05, 4.69) is 48.5 Å². The molecule has 0 bridgehead atoms. The van der Waals surface area contributed by atoms with E-state index < -0.39 is 0 Å². The van der Waals surface area contributed by atoms with Crippen molar-refractivity contribution in [1.82, 2.24) is 0 Å². The summed E-state index contributed by atoms with van der Waals surface area (Å²) in [5, 5.41) is 0. The van der Waals surface area contributed by atoms with Crippen LogP contribution in [0.15, 0.2) is 48.5 Å². The van der Waals surface area contributed by atoms with Gasteiger partial charge in [-0.3, -0.25) is 0 Å². The van der Waals surface area contributed by atoms with Gasteiger partial charge in [-0.05, 0) is 28.7 Å². The largest absolute Gasteiger partial charge is 0.374 e. The van der Waals surface area contributed by atoms with Crippen molar-refractivity contribution in [3.8, 4) is 0 Å². The first-order chi connectivity index (χ1) is 12.3. The lowest BCUT2D eigenvalue weighted by Crippen LogP contribution is -2.01. The summed E-state index contributed by atoms with van der Waals surface area (Å²) in [6.45, 7) is 4.40. The fourth-order valence-electron chi connectivity index (χ4n) is 2.69. The highest BCUT2D eigenvalue weighted by Gasteiger charge is 2.22. The highest BCUT2D eigenvalue weighted by Crippen LogP contribution is 2.15. The first-order valence-electron chi connectivity index (χ1n) is 8.89. The lowest BCUT2D eigenvalue weighted by Gasteiger charge is -2.07. The van der Waals surface area contributed by atoms with E-state index in [0.717, 1.165) is 19.6 Å². The van der Waals surface area contributed by atoms with Crippen LogP contribution in [0.5, 0.6) is 0 Å². The number of ether oxygens (including phenoxy) is 4. The van der Waals surface area contributed by atoms with Crippen LogP contribution in [-0.2, 0) is 38.6 Å². The number of hydrogen-bond donors (Lipinski definition) is 0. The molecule has 0 aliphatic carbocycles. The van der Waals surface area contributed by atoms with Crippen LogP contribution in [-0.4, -0.2) is 38.6 Å². The molecule has 0 aromatic heterocycles. The van der Waals surface area contributed by atoms with Gasteiger partial charge in [-0.25, -0.2) is 0 Å². The average molecular weight is 340 g/mol. The quantitative estimate of drug-likeness (QED) is 0.624. The van der Waals surface area contributed by atoms with Crippen LogP contribution in [0.3, 0.4) is 0 Å². The molecule has 0 radical (unpaired) electrons. The lowest BCUT2D eigenvalue weighted by molar-refractivity contribution is 0.104. The third kappa shape index (κ3) is 5.65. The maximum absolute atomic E-state index is 5.62. The molecule has 4 heteroatoms. The molecule has 25 heavy (non-hydrogen) atoms. The van der Waals surface area contributed by atoms with Crippen LogP contribution < -0.4 is 0 Å². The van der Waals surface area contributed by atoms with Gasteiger partial charge in [0.25, 0.3) is 0 Å². The molecule has 2 aliphatic heterocycles. The van der Waals surface area contributed by atoms with Gasteiger partial charge in [-0.15, -0.1) is 0 Å². The molecule has 2 aromatic carbocycles. The fourth-order valence-corrected chi connectivity index (χ4v) is 2.69. The molecule has 2 unspecified atom stereocenters. The van der Waals surface area contributed by atoms with Crippen molar-refractivity contribution in [1.29, 1.82) is 0 Å². The Morgan fingerprint density at radius 3 is 1.36 bits per heavy atom. The van der Waals surface area contributed by atoms with E-state index in [4.69, 9.17) is 18.9 Å². The molecule has 0 spiro atoms. The SMILES string of the molecule is c1cc(Cc2ccc(COCC3CO3)cc2)ccc1COCC1CO1. The van der Waals surface area contributed by atoms with Gasteiger partial charge in [0.1, 0.15) is 12.2 Å². The van der Waals surface area contributed by atoms with Crippen LogP contribution in [0.4, 0.5) is 0 Å². The van der Waals surface area contributed by atoms with E-state index in [1.807, 2.05) is 0 Å². The van der Waals surface area contributed by atoms with Crippen LogP contribution in [0.2, 0.25) is 0 Å². The second-order valence-electron chi connectivity index (χ2n) is 6.75. The number of rotatable bonds is 10. The lowest BCUT2D eigenvalue weighted by atomic mass is 10.0. The van der Waals surface area contributed by atoms with Gasteiger partial charge >= 0.3 is 0 Å². The number of benzene rings is 2. The van der Waals surface area contributed by atoms with Gasteiger partial charge in [0.05, 0.1) is 39.6 Å². The molecular formula is C21H24O4. The van der Waals surface area contributed by atoms with E-state index in [9.17, 15) is 0 Å². The highest BCUT2D eigenvalue weighted by molar-refractivity contribution is 5.30. The maximum atomic E-state index is 5.62. The molecule has 0 amide bonds. The van der Waals surface area contributed by atoms with Gasteiger partial charge in [0.2, 0.25) is 0 Å². The highest BCUT2D eigenvalue weighted by atomic mass is 16.6. The Morgan fingerprint density at radius 1 is 0.640 bits per heavy atom. The van der Waals surface area contributed by atoms with Gasteiger partial charge in [0.15, 0.2) is 0 Å². The van der Waals surface area contributed by atoms with Gasteiger partial charge in [-0.2, -0.15) is 0 Å². The molecule has 132 valence electrons. The Balaban J connectivity index is 1.22. The predicted octanol–water partition coefficient (Wildman–Crippen LogP) is 3.11. The Kier molecular flexibility index (Phi) is 5.43. The molecule has 4 rings (SSSR count). The van der Waals surface area contributed by atoms with E-state index in [1.165, 1.54) is 22.3 Å². The van der Waals surface area contributed by atoms with E-state index in [0.29, 0.717) is 38.6 Å². The molecular weight excluding hydrogens is 316 g/mol. The van der Waals surface area contributed by atoms with Gasteiger partial charge in [-0.1, -0.05) is 48.5 Å². The normalized spacial score (nSPS) is 21.3. The summed E-state index contributed by atoms with van der Waals surface area (Å²) in [6.07, 6.45) is 1.60. The minimum Gasteiger partial charge on any atom is -0.374 e. The van der Waals surface area contributed by atoms with Gasteiger partial charge in [0, 0.05) is 0 Å². The third-order valence-corrected chi connectivity index (χ3v) is 4.40. The third-order valence-electron chi connectivity index (χ3n) is 4.40. The molecule has 2 aromatic rings. The summed E-state index contributed by atoms with van der Waals surface area (Å²) in [5.41, 5.74) is 5.03. The van der Waals surface area contributed by atoms with E-state index >= 15 is 0 Å². The first kappa shape index (κ1) is 16.7. The van der Waals surface area contributed by atoms with E-state index in [-0.39, 0.29) is 0 Å². The zero-order valence-corrected chi connectivity index (χ0v) is 14.4. The predicted molar refractivity (Wildman–Crippen MR) is 94.5 cm³/mol. The minimum atomic E-state index is 0.328. The summed E-state index contributed by atoms with van der Waals surface area (Å²) in [4.78, 5) is 0. The Hall–Kier alpha value is -1.72. The zero-order chi connectivity index (χ0) is 16.9. The molecule has 2 fully saturated rings. The standard InChI is InChI=1S/C21H24O4/c1-5-18(10-22-12-20-14-24-20)6-2-16(1)9-17-3-7-19(8-4-17)11-23-13-21-15-25-21/h1-8,20-21H,9-15H2. The van der Waals surface area contributed by atoms with Crippen LogP contribution >= 0.6 is 0 Å². The summed E-state index contributed by atoms with van der Waals surface area (Å²) < 4.78 is 21.5. The number of epoxide rings is 2. The minimum absolute atomic E-state index is 0.328. The van der Waals surface area contributed by atoms with E-state index in [1.54, 1.807) is 0 Å². The second kappa shape index (κ2) is 8.11. The van der Waals surface area contributed by atoms with Crippen molar-refractivity contribution >= 4 is 0 Å². The van der Waals surface area contributed by atoms with Crippen molar-refractivity contribution in [2.45, 2.75) is 31.8 Å². The van der Waals surface area contributed by atoms with Crippen molar-refractivity contribution < 1.29 is 18.9 Å². The number of hydrogen-bond acceptors (Lipinski definition) is 4. The molecule has 4 nitrogen and oxygen atoms in total. The Bertz CT molecular complexity index is 598. The molecule has 0 saturated carbocycles. The average Bonchev–Trinajstić information content (AvgIpc) is 3.53. The topological polar surface area (TPSA) is 43.5 Å². The summed E-state index contributed by atoms with van der Waals surface area (Å²) >= 11 is 0. The summed E-state index contributed by atoms with van der Waals surface area (Å²) in [6, 6.07) is 17.3. The second-order valence-corrected chi connectivity index (χ2v) is 6.75. The Labute approximate surface area is 148 Å². The maximum Gasteiger partial charge on any atom is 0.104 e. The Morgan fingerprint density at radius 2 is 1.00 bits per heavy atom. The molecule has 2 heterocycles. The van der Waals surface area contributed by atoms with Crippen LogP contribution in [0, 0.1) is 0 Å². The van der Waals surface area contributed by atoms with Crippen molar-refractivity contribution in [2.24, 2.45) is 0 Å². The summed E-state index contributed by atoms with van der Waals surface area (Å²) in [7, 11) is 0. The monoisotopic (exact) mass is 340 g/mol. The van der Waals surface area contributed by atoms with Crippen LogP contribution in [0.25, 0.3) is 0 Å². The smallest absolute Gasteiger partial charge is 0.104 e. The van der Waals surface area contributed by atoms with Crippen molar-refractivity contribution in [3.05, 3.63) is 70.8 Å². The summed E-state index contributed by atoms with van der Waals surface area (Å²) in [5.74, 6) is 0. The first-order valence-corrected chi connectivity index (χ1v) is 8.89. The van der Waals surface area contributed by atoms with Crippen molar-refractivity contribution in [3.63, 3.8) is 0 Å².